The van der Waals surface area contributed by atoms with Crippen molar-refractivity contribution in [3.63, 3.8) is 0 Å². The van der Waals surface area contributed by atoms with Gasteiger partial charge in [0.1, 0.15) is 11.5 Å². The molecule has 0 unspecified atom stereocenters. The van der Waals surface area contributed by atoms with Gasteiger partial charge in [-0.1, -0.05) is 67.5 Å². The van der Waals surface area contributed by atoms with Crippen LogP contribution in [-0.4, -0.2) is 27.6 Å². The summed E-state index contributed by atoms with van der Waals surface area (Å²) in [5.41, 5.74) is 5.09. The molecule has 0 radical (unpaired) electrons. The van der Waals surface area contributed by atoms with E-state index in [2.05, 4.69) is 61.5 Å². The fraction of sp³-hybridized carbons (Fsp3) is 0.400. The number of hydrogen-bond acceptors (Lipinski definition) is 5. The van der Waals surface area contributed by atoms with Crippen molar-refractivity contribution >= 4 is 17.1 Å². The second-order valence-corrected chi connectivity index (χ2v) is 13.1. The fourth-order valence-electron chi connectivity index (χ4n) is 5.08. The van der Waals surface area contributed by atoms with Gasteiger partial charge in [0.15, 0.2) is 5.82 Å². The summed E-state index contributed by atoms with van der Waals surface area (Å²) in [5, 5.41) is 16.4. The first kappa shape index (κ1) is 30.0. The van der Waals surface area contributed by atoms with Crippen LogP contribution in [-0.2, 0) is 10.8 Å². The smallest absolute Gasteiger partial charge is 0.282 e. The quantitative estimate of drug-likeness (QED) is 0.245. The molecule has 0 saturated carbocycles. The Balaban J connectivity index is 2.00. The van der Waals surface area contributed by atoms with Gasteiger partial charge in [0.05, 0.1) is 23.7 Å². The highest BCUT2D eigenvalue weighted by atomic mass is 16.5. The van der Waals surface area contributed by atoms with Crippen molar-refractivity contribution in [1.29, 1.82) is 0 Å². The van der Waals surface area contributed by atoms with Crippen LogP contribution in [0.3, 0.4) is 0 Å². The third-order valence-electron chi connectivity index (χ3n) is 7.34. The average molecular weight is 554 g/mol. The topological polar surface area (TPSA) is 76.7 Å². The van der Waals surface area contributed by atoms with E-state index in [1.807, 2.05) is 50.2 Å². The van der Waals surface area contributed by atoms with E-state index < -0.39 is 0 Å². The van der Waals surface area contributed by atoms with Crippen molar-refractivity contribution in [2.24, 2.45) is 5.10 Å². The lowest BCUT2D eigenvalue weighted by Gasteiger charge is -2.27. The zero-order chi connectivity index (χ0) is 30.3. The summed E-state index contributed by atoms with van der Waals surface area (Å²) >= 11 is 0. The van der Waals surface area contributed by atoms with Gasteiger partial charge < -0.3 is 9.84 Å². The van der Waals surface area contributed by atoms with Crippen LogP contribution in [0.4, 0.5) is 0 Å². The summed E-state index contributed by atoms with van der Waals surface area (Å²) < 4.78 is 7.35. The summed E-state index contributed by atoms with van der Waals surface area (Å²) in [6, 6.07) is 15.4. The van der Waals surface area contributed by atoms with Crippen molar-refractivity contribution in [3.05, 3.63) is 86.7 Å². The standard InChI is InChI=1S/C35H43N3O3/c1-11-41-30-16-22(4)26(19-25(30)21(2)3)32-37-29-15-13-12-14-24(29)33(40)38(32)36-20-23-17-27(34(5,6)7)31(39)28(18-23)35(8,9)10/h12-21,39H,11H2,1-10H3. The Bertz CT molecular complexity index is 1650. The van der Waals surface area contributed by atoms with Crippen LogP contribution >= 0.6 is 0 Å². The monoisotopic (exact) mass is 553 g/mol. The predicted octanol–water partition coefficient (Wildman–Crippen LogP) is 8.08. The molecule has 0 aliphatic carbocycles. The lowest BCUT2D eigenvalue weighted by molar-refractivity contribution is 0.335. The number of hydrogen-bond donors (Lipinski definition) is 1. The molecule has 3 aromatic carbocycles. The van der Waals surface area contributed by atoms with E-state index in [4.69, 9.17) is 14.8 Å². The molecule has 0 aliphatic heterocycles. The third kappa shape index (κ3) is 6.07. The number of aromatic nitrogens is 2. The van der Waals surface area contributed by atoms with Crippen molar-refractivity contribution in [1.82, 2.24) is 9.66 Å². The Morgan fingerprint density at radius 3 is 2.17 bits per heavy atom. The Morgan fingerprint density at radius 2 is 1.61 bits per heavy atom. The second kappa shape index (κ2) is 11.2. The molecule has 0 bridgehead atoms. The molecule has 1 N–H and O–H groups in total. The van der Waals surface area contributed by atoms with Crippen molar-refractivity contribution in [3.8, 4) is 22.9 Å². The summed E-state index contributed by atoms with van der Waals surface area (Å²) in [5.74, 6) is 1.83. The number of ether oxygens (including phenoxy) is 1. The van der Waals surface area contributed by atoms with Crippen LogP contribution < -0.4 is 10.3 Å². The minimum Gasteiger partial charge on any atom is -0.507 e. The van der Waals surface area contributed by atoms with E-state index in [1.54, 1.807) is 12.3 Å². The van der Waals surface area contributed by atoms with Gasteiger partial charge in [0.25, 0.3) is 5.56 Å². The molecule has 41 heavy (non-hydrogen) atoms. The first-order valence-electron chi connectivity index (χ1n) is 14.3. The van der Waals surface area contributed by atoms with Gasteiger partial charge in [-0.3, -0.25) is 4.79 Å². The SMILES string of the molecule is CCOc1cc(C)c(-c2nc3ccccc3c(=O)n2N=Cc2cc(C(C)(C)C)c(O)c(C(C)(C)C)c2)cc1C(C)C. The molecule has 4 aromatic rings. The number of phenols is 1. The Kier molecular flexibility index (Phi) is 8.17. The number of para-hydroxylation sites is 1. The Hall–Kier alpha value is -3.93. The summed E-state index contributed by atoms with van der Waals surface area (Å²) in [4.78, 5) is 18.8. The number of aromatic hydroxyl groups is 1. The zero-order valence-corrected chi connectivity index (χ0v) is 26.1. The molecule has 0 atom stereocenters. The van der Waals surface area contributed by atoms with Gasteiger partial charge >= 0.3 is 0 Å². The lowest BCUT2D eigenvalue weighted by atomic mass is 9.78. The summed E-state index contributed by atoms with van der Waals surface area (Å²) in [6.45, 7) is 21.3. The average Bonchev–Trinajstić information content (AvgIpc) is 2.87. The van der Waals surface area contributed by atoms with E-state index in [9.17, 15) is 9.90 Å². The molecule has 0 spiro atoms. The van der Waals surface area contributed by atoms with Gasteiger partial charge in [0.2, 0.25) is 0 Å². The van der Waals surface area contributed by atoms with Crippen LogP contribution in [0, 0.1) is 6.92 Å². The second-order valence-electron chi connectivity index (χ2n) is 13.1. The largest absolute Gasteiger partial charge is 0.507 e. The molecule has 216 valence electrons. The first-order valence-corrected chi connectivity index (χ1v) is 14.3. The summed E-state index contributed by atoms with van der Waals surface area (Å²) in [6.07, 6.45) is 1.69. The normalized spacial score (nSPS) is 12.6. The number of benzene rings is 3. The first-order chi connectivity index (χ1) is 19.1. The highest BCUT2D eigenvalue weighted by Crippen LogP contribution is 2.40. The number of aryl methyl sites for hydroxylation is 1. The molecule has 4 rings (SSSR count). The minimum atomic E-state index is -0.285. The van der Waals surface area contributed by atoms with E-state index in [-0.39, 0.29) is 22.3 Å². The van der Waals surface area contributed by atoms with Gasteiger partial charge in [0, 0.05) is 16.7 Å². The van der Waals surface area contributed by atoms with E-state index in [1.165, 1.54) is 4.68 Å². The van der Waals surface area contributed by atoms with Crippen LogP contribution in [0.5, 0.6) is 11.5 Å². The maximum atomic E-state index is 13.9. The maximum Gasteiger partial charge on any atom is 0.282 e. The van der Waals surface area contributed by atoms with E-state index in [0.717, 1.165) is 39.1 Å². The molecule has 0 amide bonds. The van der Waals surface area contributed by atoms with Crippen LogP contribution in [0.1, 0.15) is 96.0 Å². The minimum absolute atomic E-state index is 0.212. The van der Waals surface area contributed by atoms with Crippen molar-refractivity contribution in [2.75, 3.05) is 6.61 Å². The number of phenolic OH excluding ortho intramolecular Hbond substituents is 1. The molecule has 0 aliphatic rings. The van der Waals surface area contributed by atoms with Crippen LogP contribution in [0.2, 0.25) is 0 Å². The molecule has 1 aromatic heterocycles. The highest BCUT2D eigenvalue weighted by molar-refractivity contribution is 5.83. The molecule has 0 saturated heterocycles. The van der Waals surface area contributed by atoms with Gasteiger partial charge in [-0.05, 0) is 83.7 Å². The molecular weight excluding hydrogens is 510 g/mol. The van der Waals surface area contributed by atoms with Crippen molar-refractivity contribution in [2.45, 2.75) is 86.0 Å². The molecule has 6 nitrogen and oxygen atoms in total. The van der Waals surface area contributed by atoms with Crippen LogP contribution in [0.15, 0.2) is 58.4 Å². The number of nitrogens with zero attached hydrogens (tertiary/aromatic N) is 3. The summed E-state index contributed by atoms with van der Waals surface area (Å²) in [7, 11) is 0. The number of rotatable bonds is 6. The predicted molar refractivity (Wildman–Crippen MR) is 170 cm³/mol. The zero-order valence-electron chi connectivity index (χ0n) is 26.1. The van der Waals surface area contributed by atoms with Crippen molar-refractivity contribution < 1.29 is 9.84 Å². The highest BCUT2D eigenvalue weighted by Gasteiger charge is 2.26. The Morgan fingerprint density at radius 1 is 1.00 bits per heavy atom. The van der Waals surface area contributed by atoms with Gasteiger partial charge in [-0.15, -0.1) is 0 Å². The molecule has 6 heteroatoms. The van der Waals surface area contributed by atoms with Crippen LogP contribution in [0.25, 0.3) is 22.3 Å². The molecular formula is C35H43N3O3. The lowest BCUT2D eigenvalue weighted by Crippen LogP contribution is -2.21. The maximum absolute atomic E-state index is 13.9. The van der Waals surface area contributed by atoms with E-state index in [0.29, 0.717) is 29.1 Å². The molecule has 0 fully saturated rings. The van der Waals surface area contributed by atoms with Gasteiger partial charge in [-0.25, -0.2) is 4.98 Å². The third-order valence-corrected chi connectivity index (χ3v) is 7.34. The molecule has 1 heterocycles. The van der Waals surface area contributed by atoms with Gasteiger partial charge in [-0.2, -0.15) is 9.78 Å². The fourth-order valence-corrected chi connectivity index (χ4v) is 5.08. The van der Waals surface area contributed by atoms with E-state index >= 15 is 0 Å². The Labute approximate surface area is 243 Å². The number of fused-ring (bicyclic) bond motifs is 1.